The fraction of sp³-hybridized carbons (Fsp3) is 0.231. The Kier molecular flexibility index (Phi) is 11.1. The van der Waals surface area contributed by atoms with Gasteiger partial charge in [-0.15, -0.1) is 0 Å². The quantitative estimate of drug-likeness (QED) is 0.120. The molecule has 6 heteroatoms. The van der Waals surface area contributed by atoms with Gasteiger partial charge < -0.3 is 25.1 Å². The van der Waals surface area contributed by atoms with E-state index in [1.54, 1.807) is 14.2 Å². The second-order valence-electron chi connectivity index (χ2n) is 11.2. The molecule has 45 heavy (non-hydrogen) atoms. The topological polar surface area (TPSA) is 77.2 Å². The van der Waals surface area contributed by atoms with Gasteiger partial charge >= 0.3 is 0 Å². The van der Waals surface area contributed by atoms with Crippen molar-refractivity contribution in [3.63, 3.8) is 0 Å². The summed E-state index contributed by atoms with van der Waals surface area (Å²) >= 11 is 0. The van der Waals surface area contributed by atoms with E-state index in [1.807, 2.05) is 78.9 Å². The molecule has 0 unspecified atom stereocenters. The van der Waals surface area contributed by atoms with Crippen molar-refractivity contribution >= 4 is 5.69 Å². The van der Waals surface area contributed by atoms with E-state index in [0.29, 0.717) is 31.1 Å². The number of methoxy groups -OCH3 is 2. The predicted octanol–water partition coefficient (Wildman–Crippen LogP) is 7.62. The number of hydrogen-bond acceptors (Lipinski definition) is 6. The number of nitrogens with two attached hydrogens (primary N) is 1. The zero-order valence-electron chi connectivity index (χ0n) is 26.0. The van der Waals surface area contributed by atoms with E-state index in [-0.39, 0.29) is 5.92 Å². The zero-order chi connectivity index (χ0) is 31.4. The normalized spacial score (nSPS) is 11.8. The van der Waals surface area contributed by atoms with Crippen molar-refractivity contribution in [1.29, 1.82) is 0 Å². The molecule has 6 nitrogen and oxygen atoms in total. The lowest BCUT2D eigenvalue weighted by Gasteiger charge is -2.28. The first-order chi connectivity index (χ1) is 22.0. The maximum atomic E-state index is 11.4. The third kappa shape index (κ3) is 8.88. The fourth-order valence-electron chi connectivity index (χ4n) is 5.58. The van der Waals surface area contributed by atoms with Gasteiger partial charge in [-0.3, -0.25) is 4.90 Å². The Bertz CT molecular complexity index is 1550. The highest BCUT2D eigenvalue weighted by Gasteiger charge is 2.20. The molecule has 0 bridgehead atoms. The molecule has 5 aromatic rings. The van der Waals surface area contributed by atoms with Crippen molar-refractivity contribution in [1.82, 2.24) is 4.90 Å². The van der Waals surface area contributed by atoms with Gasteiger partial charge in [0.1, 0.15) is 23.9 Å². The van der Waals surface area contributed by atoms with Crippen LogP contribution in [0.3, 0.4) is 0 Å². The van der Waals surface area contributed by atoms with Crippen molar-refractivity contribution in [2.75, 3.05) is 33.0 Å². The van der Waals surface area contributed by atoms with Crippen LogP contribution < -0.4 is 19.9 Å². The highest BCUT2D eigenvalue weighted by molar-refractivity contribution is 5.54. The van der Waals surface area contributed by atoms with Crippen LogP contribution in [0.15, 0.2) is 127 Å². The molecule has 5 aromatic carbocycles. The molecule has 0 aromatic heterocycles. The lowest BCUT2D eigenvalue weighted by Crippen LogP contribution is -2.30. The Morgan fingerprint density at radius 2 is 1.20 bits per heavy atom. The van der Waals surface area contributed by atoms with Crippen LogP contribution in [0.5, 0.6) is 17.2 Å². The number of nitrogen functional groups attached to an aromatic ring is 1. The summed E-state index contributed by atoms with van der Waals surface area (Å²) < 4.78 is 16.8. The summed E-state index contributed by atoms with van der Waals surface area (Å²) in [6.07, 6.45) is 0.131. The summed E-state index contributed by atoms with van der Waals surface area (Å²) in [7, 11) is 3.36. The summed E-state index contributed by atoms with van der Waals surface area (Å²) in [4.78, 5) is 2.32. The van der Waals surface area contributed by atoms with Crippen LogP contribution in [-0.4, -0.2) is 37.3 Å². The van der Waals surface area contributed by atoms with E-state index in [1.165, 1.54) is 16.7 Å². The third-order valence-corrected chi connectivity index (χ3v) is 8.11. The summed E-state index contributed by atoms with van der Waals surface area (Å²) in [6.45, 7) is 2.36. The molecule has 0 spiro atoms. The van der Waals surface area contributed by atoms with Crippen molar-refractivity contribution < 1.29 is 19.3 Å². The van der Waals surface area contributed by atoms with Crippen LogP contribution >= 0.6 is 0 Å². The first-order valence-corrected chi connectivity index (χ1v) is 15.3. The van der Waals surface area contributed by atoms with Crippen LogP contribution in [0.4, 0.5) is 5.69 Å². The monoisotopic (exact) mass is 602 g/mol. The SMILES string of the molecule is COc1ccc(C(CCN(Cc2ccccc2)C[C@@H](O)c2ccc(OCc3ccccc3)c(N)c2)c2ccc(OC)cc2)cc1. The Morgan fingerprint density at radius 1 is 0.667 bits per heavy atom. The van der Waals surface area contributed by atoms with Gasteiger partial charge in [0.15, 0.2) is 0 Å². The lowest BCUT2D eigenvalue weighted by atomic mass is 9.88. The molecule has 0 aliphatic heterocycles. The molecule has 0 saturated carbocycles. The zero-order valence-corrected chi connectivity index (χ0v) is 26.0. The standard InChI is InChI=1S/C39H42N2O4/c1-43-34-18-13-31(14-19-34)36(32-15-20-35(44-2)21-16-32)23-24-41(26-29-9-5-3-6-10-29)27-38(42)33-17-22-39(37(40)25-33)45-28-30-11-7-4-8-12-30/h3-22,25,36,38,42H,23-24,26-28,40H2,1-2H3/t38-/m1/s1. The summed E-state index contributed by atoms with van der Waals surface area (Å²) in [6, 6.07) is 42.5. The van der Waals surface area contributed by atoms with Crippen molar-refractivity contribution in [2.45, 2.75) is 31.6 Å². The first-order valence-electron chi connectivity index (χ1n) is 15.3. The Hall–Kier alpha value is -4.78. The number of rotatable bonds is 15. The van der Waals surface area contributed by atoms with Crippen LogP contribution in [-0.2, 0) is 13.2 Å². The van der Waals surface area contributed by atoms with E-state index in [9.17, 15) is 5.11 Å². The van der Waals surface area contributed by atoms with E-state index in [2.05, 4.69) is 53.4 Å². The number of anilines is 1. The van der Waals surface area contributed by atoms with Crippen LogP contribution in [0.1, 0.15) is 46.3 Å². The predicted molar refractivity (Wildman–Crippen MR) is 181 cm³/mol. The molecular formula is C39H42N2O4. The highest BCUT2D eigenvalue weighted by Crippen LogP contribution is 2.32. The highest BCUT2D eigenvalue weighted by atomic mass is 16.5. The lowest BCUT2D eigenvalue weighted by molar-refractivity contribution is 0.107. The molecule has 0 fully saturated rings. The Balaban J connectivity index is 1.33. The van der Waals surface area contributed by atoms with Gasteiger partial charge in [-0.1, -0.05) is 91.0 Å². The van der Waals surface area contributed by atoms with Gasteiger partial charge in [-0.25, -0.2) is 0 Å². The number of aliphatic hydroxyl groups excluding tert-OH is 1. The third-order valence-electron chi connectivity index (χ3n) is 8.11. The van der Waals surface area contributed by atoms with Crippen LogP contribution in [0, 0.1) is 0 Å². The van der Waals surface area contributed by atoms with Crippen molar-refractivity contribution in [2.24, 2.45) is 0 Å². The molecule has 0 aliphatic carbocycles. The number of nitrogens with zero attached hydrogens (tertiary/aromatic N) is 1. The maximum Gasteiger partial charge on any atom is 0.142 e. The van der Waals surface area contributed by atoms with Crippen LogP contribution in [0.2, 0.25) is 0 Å². The van der Waals surface area contributed by atoms with Crippen LogP contribution in [0.25, 0.3) is 0 Å². The van der Waals surface area contributed by atoms with Gasteiger partial charge in [0.2, 0.25) is 0 Å². The largest absolute Gasteiger partial charge is 0.497 e. The number of aliphatic hydroxyl groups is 1. The minimum absolute atomic E-state index is 0.147. The Morgan fingerprint density at radius 3 is 1.73 bits per heavy atom. The Labute approximate surface area is 266 Å². The van der Waals surface area contributed by atoms with Crippen molar-refractivity contribution in [3.8, 4) is 17.2 Å². The molecular weight excluding hydrogens is 560 g/mol. The van der Waals surface area contributed by atoms with Crippen molar-refractivity contribution in [3.05, 3.63) is 155 Å². The molecule has 0 radical (unpaired) electrons. The van der Waals surface area contributed by atoms with Gasteiger partial charge in [0.25, 0.3) is 0 Å². The first kappa shape index (κ1) is 31.6. The number of benzene rings is 5. The molecule has 0 aliphatic rings. The smallest absolute Gasteiger partial charge is 0.142 e. The summed E-state index contributed by atoms with van der Waals surface area (Å²) in [5, 5.41) is 11.4. The second-order valence-corrected chi connectivity index (χ2v) is 11.2. The number of hydrogen-bond donors (Lipinski definition) is 2. The van der Waals surface area contributed by atoms with E-state index in [4.69, 9.17) is 19.9 Å². The second kappa shape index (κ2) is 15.8. The average Bonchev–Trinajstić information content (AvgIpc) is 3.09. The molecule has 0 heterocycles. The molecule has 3 N–H and O–H groups in total. The van der Waals surface area contributed by atoms with E-state index in [0.717, 1.165) is 35.6 Å². The summed E-state index contributed by atoms with van der Waals surface area (Å²) in [5.74, 6) is 2.42. The molecule has 0 saturated heterocycles. The van der Waals surface area contributed by atoms with Gasteiger partial charge in [-0.2, -0.15) is 0 Å². The minimum atomic E-state index is -0.723. The van der Waals surface area contributed by atoms with Gasteiger partial charge in [0, 0.05) is 19.0 Å². The molecule has 232 valence electrons. The van der Waals surface area contributed by atoms with Gasteiger partial charge in [0.05, 0.1) is 26.0 Å². The molecule has 5 rings (SSSR count). The molecule has 1 atom stereocenters. The van der Waals surface area contributed by atoms with Gasteiger partial charge in [-0.05, 0) is 77.2 Å². The van der Waals surface area contributed by atoms with E-state index >= 15 is 0 Å². The molecule has 0 amide bonds. The maximum absolute atomic E-state index is 11.4. The number of ether oxygens (including phenoxy) is 3. The summed E-state index contributed by atoms with van der Waals surface area (Å²) in [5.41, 5.74) is 12.3. The minimum Gasteiger partial charge on any atom is -0.497 e. The fourth-order valence-corrected chi connectivity index (χ4v) is 5.58. The van der Waals surface area contributed by atoms with E-state index < -0.39 is 6.10 Å². The average molecular weight is 603 g/mol.